The third-order valence-corrected chi connectivity index (χ3v) is 5.66. The van der Waals surface area contributed by atoms with Gasteiger partial charge in [0.05, 0.1) is 23.2 Å². The maximum absolute atomic E-state index is 14.3. The number of rotatable bonds is 8. The number of aromatic amines is 1. The fourth-order valence-electron chi connectivity index (χ4n) is 3.58. The molecule has 0 atom stereocenters. The summed E-state index contributed by atoms with van der Waals surface area (Å²) in [4.78, 5) is 28.7. The standard InChI is InChI=1S/C26H24FN3O3S/c1-2-3-13-33-19-8-6-7-17(14-19)16-28-24(31)18-11-12-20-22(15-18)29-26(34)30(25(20)32)23-10-5-4-9-21(23)27/h4-12,14-15H,2-3,13,16H2,1H3,(H,28,31)(H,29,34). The van der Waals surface area contributed by atoms with E-state index in [0.29, 0.717) is 29.6 Å². The number of para-hydroxylation sites is 1. The Morgan fingerprint density at radius 2 is 1.94 bits per heavy atom. The molecule has 1 aromatic heterocycles. The topological polar surface area (TPSA) is 76.1 Å². The summed E-state index contributed by atoms with van der Waals surface area (Å²) in [6.45, 7) is 3.09. The second kappa shape index (κ2) is 10.4. The molecule has 1 amide bonds. The Hall–Kier alpha value is -3.78. The number of nitrogens with zero attached hydrogens (tertiary/aromatic N) is 1. The molecule has 6 nitrogen and oxygen atoms in total. The molecule has 0 aliphatic heterocycles. The number of benzene rings is 3. The number of aromatic nitrogens is 2. The maximum Gasteiger partial charge on any atom is 0.266 e. The number of H-pyrrole nitrogens is 1. The lowest BCUT2D eigenvalue weighted by Gasteiger charge is -2.11. The Bertz CT molecular complexity index is 1460. The van der Waals surface area contributed by atoms with Crippen LogP contribution in [0.2, 0.25) is 0 Å². The first-order chi connectivity index (χ1) is 16.5. The number of fused-ring (bicyclic) bond motifs is 1. The van der Waals surface area contributed by atoms with Gasteiger partial charge in [-0.1, -0.05) is 37.6 Å². The number of carbonyl (C=O) groups is 1. The quantitative estimate of drug-likeness (QED) is 0.267. The highest BCUT2D eigenvalue weighted by Gasteiger charge is 2.13. The van der Waals surface area contributed by atoms with E-state index in [4.69, 9.17) is 17.0 Å². The summed E-state index contributed by atoms with van der Waals surface area (Å²) < 4.78 is 21.1. The minimum Gasteiger partial charge on any atom is -0.494 e. The predicted octanol–water partition coefficient (Wildman–Crippen LogP) is 5.30. The van der Waals surface area contributed by atoms with Crippen molar-refractivity contribution in [3.63, 3.8) is 0 Å². The van der Waals surface area contributed by atoms with E-state index in [0.717, 1.165) is 28.7 Å². The Kier molecular flexibility index (Phi) is 7.18. The van der Waals surface area contributed by atoms with Crippen LogP contribution in [0.5, 0.6) is 5.75 Å². The molecule has 0 fully saturated rings. The summed E-state index contributed by atoms with van der Waals surface area (Å²) in [5.41, 5.74) is 1.29. The van der Waals surface area contributed by atoms with Gasteiger partial charge < -0.3 is 15.0 Å². The van der Waals surface area contributed by atoms with Gasteiger partial charge in [0.15, 0.2) is 4.77 Å². The molecule has 0 aliphatic rings. The van der Waals surface area contributed by atoms with Crippen molar-refractivity contribution in [3.05, 3.63) is 98.8 Å². The number of amides is 1. The number of carbonyl (C=O) groups excluding carboxylic acids is 1. The van der Waals surface area contributed by atoms with Crippen molar-refractivity contribution in [2.45, 2.75) is 26.3 Å². The molecule has 0 saturated heterocycles. The van der Waals surface area contributed by atoms with Crippen molar-refractivity contribution in [1.82, 2.24) is 14.9 Å². The lowest BCUT2D eigenvalue weighted by molar-refractivity contribution is 0.0951. The fourth-order valence-corrected chi connectivity index (χ4v) is 3.87. The second-order valence-corrected chi connectivity index (χ2v) is 8.20. The molecule has 4 rings (SSSR count). The second-order valence-electron chi connectivity index (χ2n) is 7.81. The molecule has 34 heavy (non-hydrogen) atoms. The molecule has 4 aromatic rings. The smallest absolute Gasteiger partial charge is 0.266 e. The van der Waals surface area contributed by atoms with Crippen molar-refractivity contribution >= 4 is 29.0 Å². The first kappa shape index (κ1) is 23.4. The van der Waals surface area contributed by atoms with Crippen molar-refractivity contribution in [3.8, 4) is 11.4 Å². The van der Waals surface area contributed by atoms with Gasteiger partial charge in [-0.15, -0.1) is 0 Å². The van der Waals surface area contributed by atoms with Crippen LogP contribution in [-0.4, -0.2) is 22.1 Å². The molecule has 2 N–H and O–H groups in total. The molecule has 0 spiro atoms. The molecule has 0 radical (unpaired) electrons. The average molecular weight is 478 g/mol. The van der Waals surface area contributed by atoms with Crippen LogP contribution < -0.4 is 15.6 Å². The fraction of sp³-hybridized carbons (Fsp3) is 0.192. The van der Waals surface area contributed by atoms with E-state index in [9.17, 15) is 14.0 Å². The van der Waals surface area contributed by atoms with Crippen LogP contribution in [0.15, 0.2) is 71.5 Å². The van der Waals surface area contributed by atoms with Gasteiger partial charge in [-0.2, -0.15) is 0 Å². The van der Waals surface area contributed by atoms with E-state index in [-0.39, 0.29) is 16.4 Å². The highest BCUT2D eigenvalue weighted by molar-refractivity contribution is 7.71. The van der Waals surface area contributed by atoms with Gasteiger partial charge in [0, 0.05) is 12.1 Å². The van der Waals surface area contributed by atoms with Crippen LogP contribution in [0.3, 0.4) is 0 Å². The van der Waals surface area contributed by atoms with Gasteiger partial charge in [-0.05, 0) is 66.7 Å². The van der Waals surface area contributed by atoms with Crippen molar-refractivity contribution < 1.29 is 13.9 Å². The average Bonchev–Trinajstić information content (AvgIpc) is 2.84. The summed E-state index contributed by atoms with van der Waals surface area (Å²) in [5, 5.41) is 3.18. The summed E-state index contributed by atoms with van der Waals surface area (Å²) in [6.07, 6.45) is 2.04. The third-order valence-electron chi connectivity index (χ3n) is 5.37. The van der Waals surface area contributed by atoms with E-state index in [1.165, 1.54) is 24.3 Å². The van der Waals surface area contributed by atoms with Crippen LogP contribution in [0.25, 0.3) is 16.6 Å². The number of halogens is 1. The highest BCUT2D eigenvalue weighted by Crippen LogP contribution is 2.17. The van der Waals surface area contributed by atoms with Crippen molar-refractivity contribution in [2.24, 2.45) is 0 Å². The van der Waals surface area contributed by atoms with E-state index in [1.54, 1.807) is 18.2 Å². The zero-order valence-electron chi connectivity index (χ0n) is 18.6. The Morgan fingerprint density at radius 1 is 1.12 bits per heavy atom. The largest absolute Gasteiger partial charge is 0.494 e. The zero-order chi connectivity index (χ0) is 24.1. The Labute approximate surface area is 201 Å². The minimum atomic E-state index is -0.556. The van der Waals surface area contributed by atoms with E-state index < -0.39 is 11.4 Å². The van der Waals surface area contributed by atoms with Gasteiger partial charge >= 0.3 is 0 Å². The molecule has 0 saturated carbocycles. The number of hydrogen-bond donors (Lipinski definition) is 2. The van der Waals surface area contributed by atoms with Gasteiger partial charge in [0.1, 0.15) is 11.6 Å². The Balaban J connectivity index is 1.54. The molecular weight excluding hydrogens is 453 g/mol. The van der Waals surface area contributed by atoms with Crippen LogP contribution in [0.1, 0.15) is 35.7 Å². The molecule has 0 unspecified atom stereocenters. The first-order valence-electron chi connectivity index (χ1n) is 11.0. The summed E-state index contributed by atoms with van der Waals surface area (Å²) in [7, 11) is 0. The van der Waals surface area contributed by atoms with E-state index in [1.807, 2.05) is 24.3 Å². The maximum atomic E-state index is 14.3. The normalized spacial score (nSPS) is 10.9. The zero-order valence-corrected chi connectivity index (χ0v) is 19.5. The number of nitrogens with one attached hydrogen (secondary N) is 2. The molecule has 1 heterocycles. The predicted molar refractivity (Wildman–Crippen MR) is 133 cm³/mol. The molecule has 8 heteroatoms. The van der Waals surface area contributed by atoms with Gasteiger partial charge in [-0.3, -0.25) is 9.59 Å². The van der Waals surface area contributed by atoms with E-state index in [2.05, 4.69) is 17.2 Å². The lowest BCUT2D eigenvalue weighted by Crippen LogP contribution is -2.24. The van der Waals surface area contributed by atoms with Crippen molar-refractivity contribution in [2.75, 3.05) is 6.61 Å². The molecule has 0 bridgehead atoms. The summed E-state index contributed by atoms with van der Waals surface area (Å²) in [6, 6.07) is 18.2. The summed E-state index contributed by atoms with van der Waals surface area (Å²) in [5.74, 6) is -0.0827. The van der Waals surface area contributed by atoms with Gasteiger partial charge in [0.2, 0.25) is 0 Å². The number of ether oxygens (including phenoxy) is 1. The van der Waals surface area contributed by atoms with Crippen LogP contribution in [0, 0.1) is 10.6 Å². The lowest BCUT2D eigenvalue weighted by atomic mass is 10.1. The molecule has 3 aromatic carbocycles. The number of hydrogen-bond acceptors (Lipinski definition) is 4. The number of unbranched alkanes of at least 4 members (excludes halogenated alkanes) is 1. The molecule has 0 aliphatic carbocycles. The van der Waals surface area contributed by atoms with Crippen LogP contribution >= 0.6 is 12.2 Å². The molecular formula is C26H24FN3O3S. The monoisotopic (exact) mass is 477 g/mol. The van der Waals surface area contributed by atoms with Crippen LogP contribution in [-0.2, 0) is 6.54 Å². The van der Waals surface area contributed by atoms with E-state index >= 15 is 0 Å². The first-order valence-corrected chi connectivity index (χ1v) is 11.4. The highest BCUT2D eigenvalue weighted by atomic mass is 32.1. The van der Waals surface area contributed by atoms with Crippen molar-refractivity contribution in [1.29, 1.82) is 0 Å². The third kappa shape index (κ3) is 5.07. The molecule has 174 valence electrons. The van der Waals surface area contributed by atoms with Crippen LogP contribution in [0.4, 0.5) is 4.39 Å². The minimum absolute atomic E-state index is 0.0417. The SMILES string of the molecule is CCCCOc1cccc(CNC(=O)c2ccc3c(=O)n(-c4ccccc4F)c(=S)[nH]c3c2)c1. The van der Waals surface area contributed by atoms with Gasteiger partial charge in [-0.25, -0.2) is 8.96 Å². The van der Waals surface area contributed by atoms with Gasteiger partial charge in [0.25, 0.3) is 11.5 Å². The summed E-state index contributed by atoms with van der Waals surface area (Å²) >= 11 is 5.31. The Morgan fingerprint density at radius 3 is 2.74 bits per heavy atom.